The summed E-state index contributed by atoms with van der Waals surface area (Å²) in [6.45, 7) is 0. The fourth-order valence-electron chi connectivity index (χ4n) is 1.80. The summed E-state index contributed by atoms with van der Waals surface area (Å²) in [6, 6.07) is 4.28. The van der Waals surface area contributed by atoms with Crippen molar-refractivity contribution in [3.8, 4) is 11.3 Å². The first kappa shape index (κ1) is 12.4. The van der Waals surface area contributed by atoms with Crippen molar-refractivity contribution in [3.63, 3.8) is 0 Å². The number of anilines is 1. The van der Waals surface area contributed by atoms with Crippen LogP contribution in [-0.4, -0.2) is 9.97 Å². The van der Waals surface area contributed by atoms with Gasteiger partial charge in [0.25, 0.3) is 0 Å². The molecule has 0 aliphatic carbocycles. The van der Waals surface area contributed by atoms with Gasteiger partial charge in [0.05, 0.1) is 9.17 Å². The van der Waals surface area contributed by atoms with Crippen LogP contribution in [0.2, 0.25) is 0 Å². The van der Waals surface area contributed by atoms with Crippen LogP contribution in [0.1, 0.15) is 0 Å². The molecule has 2 aromatic heterocycles. The van der Waals surface area contributed by atoms with Gasteiger partial charge in [0.1, 0.15) is 17.0 Å². The molecule has 0 amide bonds. The minimum atomic E-state index is -0.511. The van der Waals surface area contributed by atoms with Crippen LogP contribution in [0.4, 0.5) is 13.9 Å². The van der Waals surface area contributed by atoms with Gasteiger partial charge in [-0.05, 0) is 34.1 Å². The molecular formula is C12H6BrF2N3S. The topological polar surface area (TPSA) is 51.8 Å². The van der Waals surface area contributed by atoms with E-state index >= 15 is 0 Å². The summed E-state index contributed by atoms with van der Waals surface area (Å²) in [5, 5.41) is 0.226. The second-order valence-corrected chi connectivity index (χ2v) is 5.67. The van der Waals surface area contributed by atoms with Crippen LogP contribution in [0.15, 0.2) is 28.9 Å². The third-order valence-electron chi connectivity index (χ3n) is 2.59. The van der Waals surface area contributed by atoms with Gasteiger partial charge in [0, 0.05) is 11.8 Å². The first-order chi connectivity index (χ1) is 9.08. The smallest absolute Gasteiger partial charge is 0.181 e. The fourth-order valence-corrected chi connectivity index (χ4v) is 3.06. The molecule has 19 heavy (non-hydrogen) atoms. The predicted octanol–water partition coefficient (Wildman–Crippen LogP) is 3.98. The number of benzene rings is 1. The Morgan fingerprint density at radius 2 is 2.11 bits per heavy atom. The molecule has 96 valence electrons. The normalized spacial score (nSPS) is 11.1. The van der Waals surface area contributed by atoms with Gasteiger partial charge < -0.3 is 5.73 Å². The quantitative estimate of drug-likeness (QED) is 0.728. The molecule has 3 rings (SSSR count). The Morgan fingerprint density at radius 1 is 1.32 bits per heavy atom. The number of pyridine rings is 1. The molecule has 3 nitrogen and oxygen atoms in total. The Balaban J connectivity index is 2.42. The highest BCUT2D eigenvalue weighted by Crippen LogP contribution is 2.38. The Bertz CT molecular complexity index is 788. The van der Waals surface area contributed by atoms with Crippen LogP contribution < -0.4 is 5.73 Å². The number of halogens is 3. The van der Waals surface area contributed by atoms with E-state index in [1.165, 1.54) is 24.4 Å². The zero-order chi connectivity index (χ0) is 13.6. The zero-order valence-electron chi connectivity index (χ0n) is 9.32. The molecule has 0 saturated heterocycles. The SMILES string of the molecule is Nc1nc2c(F)c(Br)cc(-c3ncccc3F)c2s1. The summed E-state index contributed by atoms with van der Waals surface area (Å²) in [7, 11) is 0. The van der Waals surface area contributed by atoms with Gasteiger partial charge in [-0.2, -0.15) is 0 Å². The lowest BCUT2D eigenvalue weighted by atomic mass is 10.1. The minimum absolute atomic E-state index is 0.122. The maximum atomic E-state index is 13.9. The predicted molar refractivity (Wildman–Crippen MR) is 74.9 cm³/mol. The number of hydrogen-bond donors (Lipinski definition) is 1. The third kappa shape index (κ3) is 1.98. The molecule has 0 fully saturated rings. The summed E-state index contributed by atoms with van der Waals surface area (Å²) >= 11 is 4.20. The lowest BCUT2D eigenvalue weighted by Crippen LogP contribution is -1.91. The first-order valence-corrected chi connectivity index (χ1v) is 6.84. The summed E-state index contributed by atoms with van der Waals surface area (Å²) in [4.78, 5) is 7.93. The summed E-state index contributed by atoms with van der Waals surface area (Å²) in [5.74, 6) is -0.989. The van der Waals surface area contributed by atoms with Gasteiger partial charge in [-0.15, -0.1) is 0 Å². The monoisotopic (exact) mass is 341 g/mol. The second kappa shape index (κ2) is 4.50. The van der Waals surface area contributed by atoms with E-state index in [4.69, 9.17) is 5.73 Å². The van der Waals surface area contributed by atoms with Gasteiger partial charge >= 0.3 is 0 Å². The molecule has 2 heterocycles. The third-order valence-corrected chi connectivity index (χ3v) is 4.09. The van der Waals surface area contributed by atoms with Crippen LogP contribution in [0.5, 0.6) is 0 Å². The molecule has 0 aliphatic heterocycles. The minimum Gasteiger partial charge on any atom is -0.375 e. The van der Waals surface area contributed by atoms with Gasteiger partial charge in [0.15, 0.2) is 10.9 Å². The molecule has 0 saturated carbocycles. The molecule has 1 aromatic carbocycles. The Labute approximate surface area is 119 Å². The summed E-state index contributed by atoms with van der Waals surface area (Å²) in [6.07, 6.45) is 1.48. The fraction of sp³-hybridized carbons (Fsp3) is 0. The maximum absolute atomic E-state index is 13.9. The molecule has 2 N–H and O–H groups in total. The average Bonchev–Trinajstić information content (AvgIpc) is 2.77. The second-order valence-electron chi connectivity index (χ2n) is 3.78. The molecule has 3 aromatic rings. The number of rotatable bonds is 1. The number of nitrogens with zero attached hydrogens (tertiary/aromatic N) is 2. The number of nitrogen functional groups attached to an aromatic ring is 1. The van der Waals surface area contributed by atoms with Gasteiger partial charge in [0.2, 0.25) is 0 Å². The standard InChI is InChI=1S/C12H6BrF2N3S/c13-6-4-5(9-7(14)2-1-3-17-9)11-10(8(6)15)18-12(16)19-11/h1-4H,(H2,16,18). The number of aromatic nitrogens is 2. The Kier molecular flexibility index (Phi) is 2.94. The molecule has 0 bridgehead atoms. The Morgan fingerprint density at radius 3 is 2.84 bits per heavy atom. The van der Waals surface area contributed by atoms with Crippen molar-refractivity contribution >= 4 is 42.6 Å². The highest BCUT2D eigenvalue weighted by Gasteiger charge is 2.18. The van der Waals surface area contributed by atoms with Gasteiger partial charge in [-0.1, -0.05) is 11.3 Å². The number of thiazole rings is 1. The van der Waals surface area contributed by atoms with E-state index in [9.17, 15) is 8.78 Å². The highest BCUT2D eigenvalue weighted by atomic mass is 79.9. The molecule has 0 radical (unpaired) electrons. The van der Waals surface area contributed by atoms with Gasteiger partial charge in [-0.25, -0.2) is 13.8 Å². The van der Waals surface area contributed by atoms with Crippen LogP contribution in [0.25, 0.3) is 21.5 Å². The summed E-state index contributed by atoms with van der Waals surface area (Å²) < 4.78 is 28.4. The van der Waals surface area contributed by atoms with E-state index in [0.717, 1.165) is 11.3 Å². The van der Waals surface area contributed by atoms with Crippen molar-refractivity contribution in [2.24, 2.45) is 0 Å². The lowest BCUT2D eigenvalue weighted by molar-refractivity contribution is 0.624. The van der Waals surface area contributed by atoms with Crippen LogP contribution in [-0.2, 0) is 0 Å². The van der Waals surface area contributed by atoms with Crippen molar-refractivity contribution in [1.82, 2.24) is 9.97 Å². The average molecular weight is 342 g/mol. The molecule has 0 aliphatic rings. The largest absolute Gasteiger partial charge is 0.375 e. The number of fused-ring (bicyclic) bond motifs is 1. The molecule has 0 atom stereocenters. The molecule has 7 heteroatoms. The van der Waals surface area contributed by atoms with Crippen LogP contribution in [0.3, 0.4) is 0 Å². The van der Waals surface area contributed by atoms with Crippen LogP contribution in [0, 0.1) is 11.6 Å². The van der Waals surface area contributed by atoms with Crippen molar-refractivity contribution < 1.29 is 8.78 Å². The maximum Gasteiger partial charge on any atom is 0.181 e. The zero-order valence-corrected chi connectivity index (χ0v) is 11.7. The molecular weight excluding hydrogens is 336 g/mol. The molecule has 0 unspecified atom stereocenters. The number of nitrogens with two attached hydrogens (primary N) is 1. The van der Waals surface area contributed by atoms with Crippen molar-refractivity contribution in [2.45, 2.75) is 0 Å². The van der Waals surface area contributed by atoms with E-state index in [2.05, 4.69) is 25.9 Å². The van der Waals surface area contributed by atoms with Crippen molar-refractivity contribution in [1.29, 1.82) is 0 Å². The first-order valence-electron chi connectivity index (χ1n) is 5.23. The van der Waals surface area contributed by atoms with Gasteiger partial charge in [-0.3, -0.25) is 4.98 Å². The van der Waals surface area contributed by atoms with E-state index in [1.807, 2.05) is 0 Å². The van der Waals surface area contributed by atoms with E-state index in [-0.39, 0.29) is 20.8 Å². The molecule has 0 spiro atoms. The highest BCUT2D eigenvalue weighted by molar-refractivity contribution is 9.10. The van der Waals surface area contributed by atoms with Crippen LogP contribution >= 0.6 is 27.3 Å². The van der Waals surface area contributed by atoms with E-state index in [0.29, 0.717) is 10.3 Å². The van der Waals surface area contributed by atoms with E-state index < -0.39 is 11.6 Å². The van der Waals surface area contributed by atoms with Crippen molar-refractivity contribution in [2.75, 3.05) is 5.73 Å². The number of hydrogen-bond acceptors (Lipinski definition) is 4. The van der Waals surface area contributed by atoms with E-state index in [1.54, 1.807) is 0 Å². The lowest BCUT2D eigenvalue weighted by Gasteiger charge is -2.05. The Hall–Kier alpha value is -1.60. The summed E-state index contributed by atoms with van der Waals surface area (Å²) in [5.41, 5.74) is 6.35. The van der Waals surface area contributed by atoms with Crippen molar-refractivity contribution in [3.05, 3.63) is 40.5 Å².